The van der Waals surface area contributed by atoms with Crippen molar-refractivity contribution in [3.05, 3.63) is 124 Å². The molecule has 9 rings (SSSR count). The van der Waals surface area contributed by atoms with Gasteiger partial charge in [-0.15, -0.1) is 0 Å². The van der Waals surface area contributed by atoms with Gasteiger partial charge in [-0.1, -0.05) is 42.5 Å². The fourth-order valence-corrected chi connectivity index (χ4v) is 6.94. The maximum atomic E-state index is 4.85. The lowest BCUT2D eigenvalue weighted by atomic mass is 9.88. The van der Waals surface area contributed by atoms with E-state index in [4.69, 9.17) is 9.97 Å². The number of hydrogen-bond acceptors (Lipinski definition) is 3. The molecular formula is C32H21N3. The van der Waals surface area contributed by atoms with Crippen molar-refractivity contribution in [3.63, 3.8) is 0 Å². The van der Waals surface area contributed by atoms with Crippen LogP contribution in [0.5, 0.6) is 0 Å². The molecule has 3 nitrogen and oxygen atoms in total. The summed E-state index contributed by atoms with van der Waals surface area (Å²) in [5, 5.41) is 0. The number of hydrogen-bond donors (Lipinski definition) is 0. The third-order valence-electron chi connectivity index (χ3n) is 8.39. The molecule has 0 unspecified atom stereocenters. The van der Waals surface area contributed by atoms with Crippen molar-refractivity contribution in [1.82, 2.24) is 9.97 Å². The summed E-state index contributed by atoms with van der Waals surface area (Å²) in [7, 11) is 0. The van der Waals surface area contributed by atoms with Crippen molar-refractivity contribution in [1.29, 1.82) is 0 Å². The van der Waals surface area contributed by atoms with Crippen molar-refractivity contribution in [3.8, 4) is 22.3 Å². The lowest BCUT2D eigenvalue weighted by Gasteiger charge is -2.38. The quantitative estimate of drug-likeness (QED) is 0.253. The van der Waals surface area contributed by atoms with E-state index in [1.165, 1.54) is 72.6 Å². The van der Waals surface area contributed by atoms with Crippen LogP contribution in [0.2, 0.25) is 0 Å². The largest absolute Gasteiger partial charge is 0.292 e. The van der Waals surface area contributed by atoms with E-state index in [9.17, 15) is 0 Å². The topological polar surface area (TPSA) is 29.0 Å². The molecule has 5 aromatic rings. The van der Waals surface area contributed by atoms with Gasteiger partial charge in [-0.3, -0.25) is 9.88 Å². The molecule has 0 atom stereocenters. The van der Waals surface area contributed by atoms with Crippen LogP contribution in [0.25, 0.3) is 22.3 Å². The highest BCUT2D eigenvalue weighted by atomic mass is 15.2. The summed E-state index contributed by atoms with van der Waals surface area (Å²) in [5.41, 5.74) is 19.2. The maximum Gasteiger partial charge on any atom is 0.141 e. The molecule has 0 bridgehead atoms. The second kappa shape index (κ2) is 6.25. The molecule has 3 heteroatoms. The molecule has 3 aromatic carbocycles. The summed E-state index contributed by atoms with van der Waals surface area (Å²) in [4.78, 5) is 12.0. The van der Waals surface area contributed by atoms with Crippen molar-refractivity contribution in [2.24, 2.45) is 0 Å². The van der Waals surface area contributed by atoms with E-state index < -0.39 is 0 Å². The molecule has 0 saturated heterocycles. The zero-order chi connectivity index (χ0) is 22.7. The first-order valence-corrected chi connectivity index (χ1v) is 12.4. The molecule has 2 aliphatic carbocycles. The predicted octanol–water partition coefficient (Wildman–Crippen LogP) is 6.90. The van der Waals surface area contributed by atoms with Gasteiger partial charge in [0.15, 0.2) is 0 Å². The first-order chi connectivity index (χ1) is 17.3. The highest BCUT2D eigenvalue weighted by Gasteiger charge is 2.35. The van der Waals surface area contributed by atoms with Gasteiger partial charge in [0.05, 0.1) is 17.1 Å². The Hall–Kier alpha value is -4.24. The predicted molar refractivity (Wildman–Crippen MR) is 139 cm³/mol. The van der Waals surface area contributed by atoms with Crippen LogP contribution in [0.1, 0.15) is 44.6 Å². The third-order valence-corrected chi connectivity index (χ3v) is 8.39. The Morgan fingerprint density at radius 3 is 2.49 bits per heavy atom. The minimum atomic E-state index is 0.847. The van der Waals surface area contributed by atoms with Crippen LogP contribution in [-0.2, 0) is 25.7 Å². The first kappa shape index (κ1) is 18.1. The molecule has 164 valence electrons. The molecular weight excluding hydrogens is 426 g/mol. The summed E-state index contributed by atoms with van der Waals surface area (Å²) < 4.78 is 0. The van der Waals surface area contributed by atoms with Gasteiger partial charge in [0.1, 0.15) is 5.82 Å². The summed E-state index contributed by atoms with van der Waals surface area (Å²) >= 11 is 0. The smallest absolute Gasteiger partial charge is 0.141 e. The zero-order valence-corrected chi connectivity index (χ0v) is 19.2. The highest BCUT2D eigenvalue weighted by molar-refractivity contribution is 5.93. The van der Waals surface area contributed by atoms with E-state index in [2.05, 4.69) is 65.6 Å². The Morgan fingerprint density at radius 1 is 0.571 bits per heavy atom. The lowest BCUT2D eigenvalue weighted by molar-refractivity contribution is 0.938. The molecule has 35 heavy (non-hydrogen) atoms. The van der Waals surface area contributed by atoms with Gasteiger partial charge in [-0.25, -0.2) is 4.98 Å². The van der Waals surface area contributed by atoms with Crippen LogP contribution < -0.4 is 4.90 Å². The van der Waals surface area contributed by atoms with E-state index in [1.54, 1.807) is 0 Å². The Labute approximate surface area is 203 Å². The minimum Gasteiger partial charge on any atom is -0.292 e. The highest BCUT2D eigenvalue weighted by Crippen LogP contribution is 2.53. The fraction of sp³-hybridized carbons (Fsp3) is 0.125. The van der Waals surface area contributed by atoms with E-state index in [0.29, 0.717) is 0 Å². The Bertz CT molecular complexity index is 1760. The van der Waals surface area contributed by atoms with Crippen LogP contribution in [0.4, 0.5) is 17.2 Å². The molecule has 4 heterocycles. The average molecular weight is 448 g/mol. The number of aromatic nitrogens is 2. The second-order valence-electron chi connectivity index (χ2n) is 10.2. The average Bonchev–Trinajstić information content (AvgIpc) is 3.45. The molecule has 2 aliphatic heterocycles. The number of rotatable bonds is 0. The third kappa shape index (κ3) is 2.26. The summed E-state index contributed by atoms with van der Waals surface area (Å²) in [6.45, 7) is 0. The number of nitrogens with zero attached hydrogens (tertiary/aromatic N) is 3. The molecule has 2 aromatic heterocycles. The zero-order valence-electron chi connectivity index (χ0n) is 19.2. The molecule has 0 amide bonds. The molecule has 0 radical (unpaired) electrons. The molecule has 4 aliphatic rings. The van der Waals surface area contributed by atoms with E-state index >= 15 is 0 Å². The summed E-state index contributed by atoms with van der Waals surface area (Å²) in [6, 6.07) is 25.0. The van der Waals surface area contributed by atoms with E-state index in [-0.39, 0.29) is 0 Å². The minimum absolute atomic E-state index is 0.847. The van der Waals surface area contributed by atoms with Crippen molar-refractivity contribution in [2.45, 2.75) is 25.7 Å². The number of fused-ring (bicyclic) bond motifs is 11. The summed E-state index contributed by atoms with van der Waals surface area (Å²) in [5.74, 6) is 1.06. The van der Waals surface area contributed by atoms with E-state index in [1.807, 2.05) is 18.5 Å². The molecule has 0 N–H and O–H groups in total. The van der Waals surface area contributed by atoms with Crippen LogP contribution in [0.3, 0.4) is 0 Å². The van der Waals surface area contributed by atoms with E-state index in [0.717, 1.165) is 37.2 Å². The second-order valence-corrected chi connectivity index (χ2v) is 10.2. The van der Waals surface area contributed by atoms with Crippen LogP contribution in [0, 0.1) is 0 Å². The van der Waals surface area contributed by atoms with Gasteiger partial charge >= 0.3 is 0 Å². The number of pyridine rings is 2. The van der Waals surface area contributed by atoms with Crippen LogP contribution >= 0.6 is 0 Å². The molecule has 0 spiro atoms. The van der Waals surface area contributed by atoms with Crippen molar-refractivity contribution in [2.75, 3.05) is 4.90 Å². The van der Waals surface area contributed by atoms with Crippen LogP contribution in [-0.4, -0.2) is 9.97 Å². The number of anilines is 3. The van der Waals surface area contributed by atoms with Crippen LogP contribution in [0.15, 0.2) is 79.1 Å². The molecule has 0 saturated carbocycles. The van der Waals surface area contributed by atoms with Gasteiger partial charge in [0, 0.05) is 30.8 Å². The monoisotopic (exact) mass is 447 g/mol. The van der Waals surface area contributed by atoms with Gasteiger partial charge in [-0.2, -0.15) is 0 Å². The number of benzene rings is 3. The Balaban J connectivity index is 1.27. The fourth-order valence-electron chi connectivity index (χ4n) is 6.94. The lowest BCUT2D eigenvalue weighted by Crippen LogP contribution is -2.26. The van der Waals surface area contributed by atoms with Crippen molar-refractivity contribution < 1.29 is 0 Å². The normalized spacial score (nSPS) is 14.9. The van der Waals surface area contributed by atoms with Gasteiger partial charge in [-0.05, 0) is 92.7 Å². The Kier molecular flexibility index (Phi) is 3.24. The standard InChI is InChI=1S/C32H21N3/c1-2-6-24-18(4-1)12-19-7-8-25-26-15-23-13-20-9-11-33-28-16-21-5-3-10-34-32(21)35(31(20)28)29(23)17-22(26)14-27(25)30(19)24/h1-11,15,17H,12-14,16H2. The SMILES string of the molecule is c1ccc2c(c1)Cc1ccc3c(c1-2)Cc1cc2c(cc1-3)Cc1ccnc3c1N2c1ncccc1C3. The summed E-state index contributed by atoms with van der Waals surface area (Å²) in [6.07, 6.45) is 7.72. The maximum absolute atomic E-state index is 4.85. The van der Waals surface area contributed by atoms with Gasteiger partial charge in [0.2, 0.25) is 0 Å². The van der Waals surface area contributed by atoms with Gasteiger partial charge in [0.25, 0.3) is 0 Å². The first-order valence-electron chi connectivity index (χ1n) is 12.4. The van der Waals surface area contributed by atoms with Crippen molar-refractivity contribution >= 4 is 17.2 Å². The molecule has 0 fully saturated rings. The Morgan fingerprint density at radius 2 is 1.49 bits per heavy atom. The van der Waals surface area contributed by atoms with Gasteiger partial charge < -0.3 is 0 Å².